The Hall–Kier alpha value is -3.51. The Morgan fingerprint density at radius 2 is 1.89 bits per heavy atom. The van der Waals surface area contributed by atoms with E-state index in [9.17, 15) is 13.2 Å². The van der Waals surface area contributed by atoms with Gasteiger partial charge < -0.3 is 9.47 Å². The summed E-state index contributed by atoms with van der Waals surface area (Å²) in [6.45, 7) is 3.91. The van der Waals surface area contributed by atoms with Crippen molar-refractivity contribution >= 4 is 32.7 Å². The molecule has 12 heteroatoms. The van der Waals surface area contributed by atoms with E-state index in [0.29, 0.717) is 40.0 Å². The van der Waals surface area contributed by atoms with Crippen LogP contribution in [-0.2, 0) is 10.0 Å². The normalized spacial score (nSPS) is 14.5. The first-order chi connectivity index (χ1) is 18.2. The van der Waals surface area contributed by atoms with Crippen molar-refractivity contribution in [2.24, 2.45) is 5.92 Å². The lowest BCUT2D eigenvalue weighted by molar-refractivity contribution is 0.206. The lowest BCUT2D eigenvalue weighted by Gasteiger charge is -2.21. The van der Waals surface area contributed by atoms with Crippen molar-refractivity contribution in [2.75, 3.05) is 18.4 Å². The van der Waals surface area contributed by atoms with Crippen LogP contribution in [0.15, 0.2) is 45.8 Å². The average Bonchev–Trinajstić information content (AvgIpc) is 3.27. The van der Waals surface area contributed by atoms with Crippen molar-refractivity contribution in [3.63, 3.8) is 0 Å². The van der Waals surface area contributed by atoms with Crippen LogP contribution in [0.5, 0.6) is 11.6 Å². The molecule has 0 aromatic carbocycles. The molecule has 38 heavy (non-hydrogen) atoms. The molecule has 1 N–H and O–H groups in total. The van der Waals surface area contributed by atoms with Gasteiger partial charge in [0.15, 0.2) is 4.21 Å². The number of pyridine rings is 2. The van der Waals surface area contributed by atoms with Crippen LogP contribution < -0.4 is 19.8 Å². The van der Waals surface area contributed by atoms with Crippen molar-refractivity contribution in [1.29, 1.82) is 0 Å². The Morgan fingerprint density at radius 3 is 2.61 bits per heavy atom. The molecule has 200 valence electrons. The molecule has 4 heterocycles. The number of aromatic nitrogens is 4. The monoisotopic (exact) mass is 555 g/mol. The highest BCUT2D eigenvalue weighted by atomic mass is 32.2. The largest absolute Gasteiger partial charge is 0.486 e. The van der Waals surface area contributed by atoms with Crippen LogP contribution in [-0.4, -0.2) is 41.5 Å². The molecule has 0 amide bonds. The molecular weight excluding hydrogens is 526 g/mol. The van der Waals surface area contributed by atoms with Crippen LogP contribution in [0, 0.1) is 19.8 Å². The first-order valence-electron chi connectivity index (χ1n) is 12.4. The summed E-state index contributed by atoms with van der Waals surface area (Å²) in [6.07, 6.45) is 10.6. The zero-order valence-electron chi connectivity index (χ0n) is 21.4. The molecule has 10 nitrogen and oxygen atoms in total. The maximum Gasteiger partial charge on any atom is 0.300 e. The molecule has 1 aliphatic rings. The van der Waals surface area contributed by atoms with Crippen molar-refractivity contribution < 1.29 is 17.9 Å². The molecule has 0 atom stereocenters. The number of fused-ring (bicyclic) bond motifs is 1. The lowest BCUT2D eigenvalue weighted by Crippen LogP contribution is -2.21. The number of ether oxygens (including phenoxy) is 2. The second-order valence-electron chi connectivity index (χ2n) is 9.38. The minimum Gasteiger partial charge on any atom is -0.486 e. The topological polar surface area (TPSA) is 125 Å². The van der Waals surface area contributed by atoms with Gasteiger partial charge in [0.2, 0.25) is 11.6 Å². The molecule has 0 spiro atoms. The van der Waals surface area contributed by atoms with Gasteiger partial charge in [0.1, 0.15) is 11.3 Å². The third kappa shape index (κ3) is 5.37. The Labute approximate surface area is 224 Å². The maximum absolute atomic E-state index is 13.2. The highest BCUT2D eigenvalue weighted by molar-refractivity contribution is 7.94. The number of aryl methyl sites for hydroxylation is 2. The van der Waals surface area contributed by atoms with E-state index in [2.05, 4.69) is 19.7 Å². The zero-order chi connectivity index (χ0) is 26.9. The molecule has 5 rings (SSSR count). The molecule has 1 fully saturated rings. The smallest absolute Gasteiger partial charge is 0.300 e. The van der Waals surface area contributed by atoms with Crippen molar-refractivity contribution in [2.45, 2.75) is 50.2 Å². The van der Waals surface area contributed by atoms with Crippen molar-refractivity contribution in [1.82, 2.24) is 19.4 Å². The maximum atomic E-state index is 13.2. The van der Waals surface area contributed by atoms with Crippen LogP contribution in [0.2, 0.25) is 0 Å². The average molecular weight is 556 g/mol. The van der Waals surface area contributed by atoms with Gasteiger partial charge in [-0.1, -0.05) is 19.3 Å². The van der Waals surface area contributed by atoms with E-state index in [4.69, 9.17) is 9.47 Å². The van der Waals surface area contributed by atoms with Crippen molar-refractivity contribution in [3.05, 3.63) is 57.8 Å². The highest BCUT2D eigenvalue weighted by Crippen LogP contribution is 2.32. The summed E-state index contributed by atoms with van der Waals surface area (Å²) < 4.78 is 41.5. The summed E-state index contributed by atoms with van der Waals surface area (Å²) in [5, 5.41) is 0.652. The molecule has 0 saturated heterocycles. The van der Waals surface area contributed by atoms with Gasteiger partial charge in [-0.25, -0.2) is 23.4 Å². The van der Waals surface area contributed by atoms with Gasteiger partial charge in [0, 0.05) is 23.5 Å². The van der Waals surface area contributed by atoms with E-state index in [0.717, 1.165) is 24.2 Å². The molecule has 4 aromatic rings. The third-order valence-electron chi connectivity index (χ3n) is 6.60. The van der Waals surface area contributed by atoms with Gasteiger partial charge in [-0.3, -0.25) is 13.9 Å². The van der Waals surface area contributed by atoms with Gasteiger partial charge in [-0.05, 0) is 50.8 Å². The fraction of sp³-hybridized carbons (Fsp3) is 0.385. The second kappa shape index (κ2) is 10.7. The third-order valence-corrected chi connectivity index (χ3v) is 9.65. The fourth-order valence-corrected chi connectivity index (χ4v) is 7.22. The number of nitrogens with zero attached hydrogens (tertiary/aromatic N) is 4. The van der Waals surface area contributed by atoms with Crippen LogP contribution in [0.25, 0.3) is 16.8 Å². The highest BCUT2D eigenvalue weighted by Gasteiger charge is 2.23. The van der Waals surface area contributed by atoms with E-state index in [1.54, 1.807) is 44.4 Å². The van der Waals surface area contributed by atoms with Gasteiger partial charge in [-0.2, -0.15) is 0 Å². The van der Waals surface area contributed by atoms with Crippen LogP contribution >= 0.6 is 11.3 Å². The van der Waals surface area contributed by atoms with Gasteiger partial charge in [0.05, 0.1) is 30.6 Å². The Bertz CT molecular complexity index is 1640. The summed E-state index contributed by atoms with van der Waals surface area (Å²) in [7, 11) is -2.50. The standard InChI is InChI=1S/C26H29N5O5S2/c1-16-26(37-17(2)29-16)38(33,34)30-21-11-20(12-28-24(21)35-3)19-9-10-23-27-13-22(25(32)31(23)14-19)36-15-18-7-5-4-6-8-18/h9-14,18,30H,4-8,15H2,1-3H3. The number of rotatable bonds is 8. The first-order valence-corrected chi connectivity index (χ1v) is 14.7. The summed E-state index contributed by atoms with van der Waals surface area (Å²) in [5.74, 6) is 0.788. The number of sulfonamides is 1. The van der Waals surface area contributed by atoms with E-state index in [1.807, 2.05) is 0 Å². The van der Waals surface area contributed by atoms with Gasteiger partial charge in [-0.15, -0.1) is 11.3 Å². The number of hydrogen-bond donors (Lipinski definition) is 1. The summed E-state index contributed by atoms with van der Waals surface area (Å²) >= 11 is 1.09. The van der Waals surface area contributed by atoms with Gasteiger partial charge in [0.25, 0.3) is 15.6 Å². The Balaban J connectivity index is 1.46. The van der Waals surface area contributed by atoms with E-state index >= 15 is 0 Å². The summed E-state index contributed by atoms with van der Waals surface area (Å²) in [6, 6.07) is 5.14. The second-order valence-corrected chi connectivity index (χ2v) is 12.5. The van der Waals surface area contributed by atoms with Crippen LogP contribution in [0.1, 0.15) is 42.8 Å². The molecule has 1 aliphatic carbocycles. The first kappa shape index (κ1) is 26.1. The Morgan fingerprint density at radius 1 is 1.11 bits per heavy atom. The predicted octanol–water partition coefficient (Wildman–Crippen LogP) is 4.60. The molecule has 0 radical (unpaired) electrons. The predicted molar refractivity (Wildman–Crippen MR) is 146 cm³/mol. The van der Waals surface area contributed by atoms with Gasteiger partial charge >= 0.3 is 0 Å². The summed E-state index contributed by atoms with van der Waals surface area (Å²) in [4.78, 5) is 26.1. The minimum absolute atomic E-state index is 0.120. The van der Waals surface area contributed by atoms with Crippen LogP contribution in [0.3, 0.4) is 0 Å². The lowest BCUT2D eigenvalue weighted by atomic mass is 9.90. The number of nitrogens with one attached hydrogen (secondary N) is 1. The van der Waals surface area contributed by atoms with E-state index in [1.165, 1.54) is 37.0 Å². The fourth-order valence-electron chi connectivity index (χ4n) is 4.69. The molecule has 4 aromatic heterocycles. The quantitative estimate of drug-likeness (QED) is 0.335. The summed E-state index contributed by atoms with van der Waals surface area (Å²) in [5.41, 5.74) is 2.00. The van der Waals surface area contributed by atoms with E-state index in [-0.39, 0.29) is 27.1 Å². The molecule has 0 aliphatic heterocycles. The molecular formula is C26H29N5O5S2. The minimum atomic E-state index is -3.91. The molecule has 0 bridgehead atoms. The number of thiazole rings is 1. The number of methoxy groups -OCH3 is 1. The number of anilines is 1. The molecule has 1 saturated carbocycles. The zero-order valence-corrected chi connectivity index (χ0v) is 23.1. The SMILES string of the molecule is COc1ncc(-c2ccc3ncc(OCC4CCCCC4)c(=O)n3c2)cc1NS(=O)(=O)c1sc(C)nc1C. The Kier molecular flexibility index (Phi) is 7.35. The van der Waals surface area contributed by atoms with Crippen LogP contribution in [0.4, 0.5) is 5.69 Å². The van der Waals surface area contributed by atoms with E-state index < -0.39 is 10.0 Å². The van der Waals surface area contributed by atoms with Crippen molar-refractivity contribution in [3.8, 4) is 22.8 Å². The molecule has 0 unspecified atom stereocenters. The number of hydrogen-bond acceptors (Lipinski definition) is 9.